The number of hydrogen-bond donors (Lipinski definition) is 0. The highest BCUT2D eigenvalue weighted by atomic mass is 32.2. The molecule has 4 bridgehead atoms. The summed E-state index contributed by atoms with van der Waals surface area (Å²) in [4.78, 5) is 1.50. The Morgan fingerprint density at radius 2 is 1.56 bits per heavy atom. The summed E-state index contributed by atoms with van der Waals surface area (Å²) in [6, 6.07) is 11.1. The van der Waals surface area contributed by atoms with Crippen molar-refractivity contribution in [2.24, 2.45) is 17.8 Å². The van der Waals surface area contributed by atoms with E-state index in [0.29, 0.717) is 4.75 Å². The van der Waals surface area contributed by atoms with Gasteiger partial charge in [-0.25, -0.2) is 0 Å². The normalized spacial score (nSPS) is 41.9. The van der Waals surface area contributed by atoms with Crippen molar-refractivity contribution in [1.29, 1.82) is 0 Å². The van der Waals surface area contributed by atoms with Crippen molar-refractivity contribution in [3.05, 3.63) is 30.3 Å². The molecule has 0 saturated heterocycles. The van der Waals surface area contributed by atoms with Crippen LogP contribution in [0.4, 0.5) is 0 Å². The Balaban J connectivity index is 1.62. The topological polar surface area (TPSA) is 0 Å². The van der Waals surface area contributed by atoms with Crippen molar-refractivity contribution >= 4 is 11.8 Å². The molecule has 1 heteroatoms. The average Bonchev–Trinajstić information content (AvgIpc) is 2.55. The number of benzene rings is 1. The highest BCUT2D eigenvalue weighted by molar-refractivity contribution is 8.00. The van der Waals surface area contributed by atoms with Gasteiger partial charge < -0.3 is 0 Å². The first-order valence-corrected chi connectivity index (χ1v) is 8.37. The maximum absolute atomic E-state index is 2.30. The van der Waals surface area contributed by atoms with Crippen LogP contribution in [0.1, 0.15) is 44.9 Å². The molecule has 0 spiro atoms. The Labute approximate surface area is 115 Å². The lowest BCUT2D eigenvalue weighted by atomic mass is 9.67. The summed E-state index contributed by atoms with van der Waals surface area (Å²) >= 11 is 2.21. The third-order valence-electron chi connectivity index (χ3n) is 5.41. The first kappa shape index (κ1) is 11.4. The van der Waals surface area contributed by atoms with Gasteiger partial charge in [0, 0.05) is 9.64 Å². The minimum absolute atomic E-state index is 0.597. The van der Waals surface area contributed by atoms with Crippen molar-refractivity contribution in [1.82, 2.24) is 0 Å². The van der Waals surface area contributed by atoms with E-state index in [0.717, 1.165) is 17.8 Å². The molecule has 0 heterocycles. The fraction of sp³-hybridized carbons (Fsp3) is 0.647. The predicted molar refractivity (Wildman–Crippen MR) is 77.8 cm³/mol. The van der Waals surface area contributed by atoms with Crippen molar-refractivity contribution in [3.63, 3.8) is 0 Å². The smallest absolute Gasteiger partial charge is 0.0212 e. The number of rotatable bonds is 2. The molecule has 2 unspecified atom stereocenters. The Bertz CT molecular complexity index is 410. The zero-order valence-corrected chi connectivity index (χ0v) is 11.8. The van der Waals surface area contributed by atoms with Gasteiger partial charge in [-0.15, -0.1) is 11.8 Å². The zero-order chi connectivity index (χ0) is 12.0. The molecule has 1 aromatic carbocycles. The van der Waals surface area contributed by atoms with E-state index in [9.17, 15) is 0 Å². The summed E-state index contributed by atoms with van der Waals surface area (Å²) in [7, 11) is 0. The second-order valence-corrected chi connectivity index (χ2v) is 8.39. The van der Waals surface area contributed by atoms with E-state index in [2.05, 4.69) is 42.1 Å². The van der Waals surface area contributed by atoms with Crippen molar-refractivity contribution in [2.45, 2.75) is 54.6 Å². The number of thioether (sulfide) groups is 1. The van der Waals surface area contributed by atoms with E-state index in [-0.39, 0.29) is 0 Å². The summed E-state index contributed by atoms with van der Waals surface area (Å²) in [6.45, 7) is 0. The molecule has 4 atom stereocenters. The van der Waals surface area contributed by atoms with Crippen LogP contribution in [0, 0.1) is 17.8 Å². The van der Waals surface area contributed by atoms with Crippen LogP contribution in [-0.2, 0) is 0 Å². The van der Waals surface area contributed by atoms with Gasteiger partial charge in [0.25, 0.3) is 0 Å². The first-order valence-electron chi connectivity index (χ1n) is 7.55. The Kier molecular flexibility index (Phi) is 2.72. The SMILES string of the molecule is c1ccc(SC23CCC4C[C@H](C[C@H](C4)C2)C3)cc1. The first-order chi connectivity index (χ1) is 8.81. The third-order valence-corrected chi connectivity index (χ3v) is 6.89. The summed E-state index contributed by atoms with van der Waals surface area (Å²) in [5.74, 6) is 3.19. The van der Waals surface area contributed by atoms with Crippen LogP contribution in [-0.4, -0.2) is 4.75 Å². The van der Waals surface area contributed by atoms with Crippen LogP contribution < -0.4 is 0 Å². The largest absolute Gasteiger partial charge is 0.119 e. The molecular formula is C17H22S. The zero-order valence-electron chi connectivity index (χ0n) is 11.0. The lowest BCUT2D eigenvalue weighted by Crippen LogP contribution is -2.36. The van der Waals surface area contributed by atoms with Crippen LogP contribution in [0.5, 0.6) is 0 Å². The molecule has 0 radical (unpaired) electrons. The number of fused-ring (bicyclic) bond motifs is 1. The van der Waals surface area contributed by atoms with E-state index >= 15 is 0 Å². The van der Waals surface area contributed by atoms with Crippen LogP contribution in [0.25, 0.3) is 0 Å². The molecule has 1 aromatic rings. The van der Waals surface area contributed by atoms with E-state index in [4.69, 9.17) is 0 Å². The highest BCUT2D eigenvalue weighted by Gasteiger charge is 2.47. The van der Waals surface area contributed by atoms with Gasteiger partial charge in [-0.05, 0) is 74.8 Å². The summed E-state index contributed by atoms with van der Waals surface area (Å²) in [5, 5.41) is 0. The molecule has 0 amide bonds. The molecule has 0 aromatic heterocycles. The van der Waals surface area contributed by atoms with Gasteiger partial charge >= 0.3 is 0 Å². The molecule has 0 aliphatic heterocycles. The van der Waals surface area contributed by atoms with Crippen molar-refractivity contribution < 1.29 is 0 Å². The molecule has 96 valence electrons. The maximum Gasteiger partial charge on any atom is 0.0212 e. The van der Waals surface area contributed by atoms with Gasteiger partial charge in [0.2, 0.25) is 0 Å². The molecule has 4 saturated carbocycles. The van der Waals surface area contributed by atoms with Crippen LogP contribution in [0.15, 0.2) is 35.2 Å². The highest BCUT2D eigenvalue weighted by Crippen LogP contribution is 2.59. The minimum Gasteiger partial charge on any atom is -0.119 e. The summed E-state index contributed by atoms with van der Waals surface area (Å²) in [6.07, 6.45) is 10.6. The molecule has 5 rings (SSSR count). The number of hydrogen-bond acceptors (Lipinski definition) is 1. The van der Waals surface area contributed by atoms with E-state index in [1.165, 1.54) is 30.6 Å². The minimum atomic E-state index is 0.597. The molecule has 18 heavy (non-hydrogen) atoms. The monoisotopic (exact) mass is 258 g/mol. The van der Waals surface area contributed by atoms with Gasteiger partial charge in [-0.3, -0.25) is 0 Å². The Morgan fingerprint density at radius 3 is 2.28 bits per heavy atom. The van der Waals surface area contributed by atoms with Crippen LogP contribution in [0.2, 0.25) is 0 Å². The lowest BCUT2D eigenvalue weighted by molar-refractivity contribution is 0.146. The second-order valence-electron chi connectivity index (χ2n) is 6.85. The van der Waals surface area contributed by atoms with E-state index in [1.807, 2.05) is 0 Å². The predicted octanol–water partition coefficient (Wildman–Crippen LogP) is 5.14. The standard InChI is InChI=1S/C17H22S/c1-2-4-16(5-3-1)18-17-7-6-13-8-14(11-17)10-15(9-13)12-17/h1-5,13-15H,6-12H2/t13?,14-,15+,17?. The quantitative estimate of drug-likeness (QED) is 0.708. The van der Waals surface area contributed by atoms with Crippen molar-refractivity contribution in [2.75, 3.05) is 0 Å². The fourth-order valence-corrected chi connectivity index (χ4v) is 6.60. The Morgan fingerprint density at radius 1 is 0.889 bits per heavy atom. The molecule has 4 aliphatic rings. The summed E-state index contributed by atoms with van der Waals surface area (Å²) in [5.41, 5.74) is 0. The third kappa shape index (κ3) is 2.01. The van der Waals surface area contributed by atoms with Gasteiger partial charge in [0.1, 0.15) is 0 Å². The Hall–Kier alpha value is -0.430. The molecule has 0 nitrogen and oxygen atoms in total. The van der Waals surface area contributed by atoms with Gasteiger partial charge in [-0.2, -0.15) is 0 Å². The summed E-state index contributed by atoms with van der Waals surface area (Å²) < 4.78 is 0.597. The molecule has 4 fully saturated rings. The lowest BCUT2D eigenvalue weighted by Gasteiger charge is -2.45. The van der Waals surface area contributed by atoms with Gasteiger partial charge in [0.05, 0.1) is 0 Å². The molecule has 4 aliphatic carbocycles. The van der Waals surface area contributed by atoms with Gasteiger partial charge in [0.15, 0.2) is 0 Å². The second kappa shape index (κ2) is 4.30. The van der Waals surface area contributed by atoms with Crippen LogP contribution in [0.3, 0.4) is 0 Å². The maximum atomic E-state index is 2.30. The van der Waals surface area contributed by atoms with E-state index < -0.39 is 0 Å². The van der Waals surface area contributed by atoms with E-state index in [1.54, 1.807) is 19.3 Å². The molecule has 0 N–H and O–H groups in total. The fourth-order valence-electron chi connectivity index (χ4n) is 4.95. The van der Waals surface area contributed by atoms with Crippen LogP contribution >= 0.6 is 11.8 Å². The van der Waals surface area contributed by atoms with Gasteiger partial charge in [-0.1, -0.05) is 18.2 Å². The van der Waals surface area contributed by atoms with Crippen molar-refractivity contribution in [3.8, 4) is 0 Å². The average molecular weight is 258 g/mol. The molecular weight excluding hydrogens is 236 g/mol.